The van der Waals surface area contributed by atoms with E-state index in [4.69, 9.17) is 5.84 Å². The Bertz CT molecular complexity index is 76.4. The minimum atomic E-state index is -0.132. The molecule has 0 atom stereocenters. The van der Waals surface area contributed by atoms with Gasteiger partial charge in [0.2, 0.25) is 0 Å². The number of hydrogen-bond donors (Lipinski definition) is 0. The molecule has 0 unspecified atom stereocenters. The maximum atomic E-state index is 10.0. The lowest BCUT2D eigenvalue weighted by molar-refractivity contribution is -0.210. The van der Waals surface area contributed by atoms with Crippen LogP contribution in [0.3, 0.4) is 0 Å². The molecule has 48 valence electrons. The van der Waals surface area contributed by atoms with E-state index in [0.29, 0.717) is 0 Å². The van der Waals surface area contributed by atoms with Gasteiger partial charge in [0.25, 0.3) is 0 Å². The average molecular weight is 118 g/mol. The van der Waals surface area contributed by atoms with Crippen molar-refractivity contribution in [2.45, 2.75) is 0 Å². The maximum absolute atomic E-state index is 10.0. The topological polar surface area (TPSA) is 74.9 Å². The first-order valence-electron chi connectivity index (χ1n) is 1.71. The third kappa shape index (κ3) is 1.85. The highest BCUT2D eigenvalue weighted by Crippen LogP contribution is 1.92. The van der Waals surface area contributed by atoms with Gasteiger partial charge in [0.1, 0.15) is 0 Å². The molecule has 0 aromatic heterocycles. The molecule has 0 rings (SSSR count). The van der Waals surface area contributed by atoms with Gasteiger partial charge in [0.15, 0.2) is 0 Å². The van der Waals surface area contributed by atoms with Crippen LogP contribution in [0.15, 0.2) is 5.10 Å². The van der Waals surface area contributed by atoms with E-state index in [-0.39, 0.29) is 10.6 Å². The molecule has 0 aromatic carbocycles. The predicted octanol–water partition coefficient (Wildman–Crippen LogP) is 0.147. The van der Waals surface area contributed by atoms with Crippen molar-refractivity contribution in [2.75, 3.05) is 7.11 Å². The van der Waals surface area contributed by atoms with Crippen LogP contribution < -0.4 is 0 Å². The van der Waals surface area contributed by atoms with Crippen molar-refractivity contribution in [3.63, 3.8) is 0 Å². The van der Waals surface area contributed by atoms with Crippen molar-refractivity contribution in [3.8, 4) is 0 Å². The number of rotatable bonds is 3. The lowest BCUT2D eigenvalue weighted by Gasteiger charge is -2.37. The zero-order chi connectivity index (χ0) is 6.57. The summed E-state index contributed by atoms with van der Waals surface area (Å²) >= 11 is 0. The Morgan fingerprint density at radius 2 is 2.38 bits per heavy atom. The molecule has 0 amide bonds. The molecule has 0 aliphatic rings. The van der Waals surface area contributed by atoms with Crippen LogP contribution in [0.1, 0.15) is 0 Å². The third-order valence-corrected chi connectivity index (χ3v) is 0.445. The second-order valence-electron chi connectivity index (χ2n) is 0.851. The molecule has 0 aliphatic heterocycles. The summed E-state index contributed by atoms with van der Waals surface area (Å²) in [6.07, 6.45) is 0. The largest absolute Gasteiger partial charge is 0.743 e. The van der Waals surface area contributed by atoms with Crippen molar-refractivity contribution in [3.05, 3.63) is 11.0 Å². The zero-order valence-electron chi connectivity index (χ0n) is 4.37. The molecule has 0 aliphatic carbocycles. The lowest BCUT2D eigenvalue weighted by atomic mass is 11.7. The van der Waals surface area contributed by atoms with Gasteiger partial charge in [-0.2, -0.15) is 10.4 Å². The Hall–Kier alpha value is -0.690. The van der Waals surface area contributed by atoms with Gasteiger partial charge in [-0.05, 0) is 0 Å². The SMILES string of the molecule is C=NN([NH-])N([O-])OC. The van der Waals surface area contributed by atoms with E-state index in [1.807, 2.05) is 0 Å². The summed E-state index contributed by atoms with van der Waals surface area (Å²) in [4.78, 5) is 3.99. The van der Waals surface area contributed by atoms with E-state index >= 15 is 0 Å². The first-order valence-corrected chi connectivity index (χ1v) is 1.71. The molecule has 0 spiro atoms. The van der Waals surface area contributed by atoms with Gasteiger partial charge < -0.3 is 16.3 Å². The normalized spacial score (nSPS) is 9.50. The molecule has 0 bridgehead atoms. The molecule has 0 heterocycles. The standard InChI is InChI=1S/C2H6N4O2/c1-4-5(3)6(7)8-2/h3H,1H2,2H3/q-2. The minimum Gasteiger partial charge on any atom is -0.743 e. The van der Waals surface area contributed by atoms with Gasteiger partial charge in [0.05, 0.1) is 7.11 Å². The zero-order valence-corrected chi connectivity index (χ0v) is 4.37. The first kappa shape index (κ1) is 7.31. The fourth-order valence-electron chi connectivity index (χ4n) is 0.129. The molecular weight excluding hydrogens is 112 g/mol. The molecule has 1 N–H and O–H groups in total. The fourth-order valence-corrected chi connectivity index (χ4v) is 0.129. The van der Waals surface area contributed by atoms with E-state index < -0.39 is 0 Å². The van der Waals surface area contributed by atoms with Gasteiger partial charge >= 0.3 is 0 Å². The van der Waals surface area contributed by atoms with Crippen molar-refractivity contribution >= 4 is 6.72 Å². The second-order valence-corrected chi connectivity index (χ2v) is 0.851. The van der Waals surface area contributed by atoms with Gasteiger partial charge in [0, 0.05) is 6.72 Å². The molecular formula is C2H6N4O2-2. The number of hydrogen-bond acceptors (Lipinski definition) is 5. The van der Waals surface area contributed by atoms with Crippen molar-refractivity contribution in [1.82, 2.24) is 10.6 Å². The Morgan fingerprint density at radius 1 is 1.88 bits per heavy atom. The van der Waals surface area contributed by atoms with E-state index in [2.05, 4.69) is 16.7 Å². The van der Waals surface area contributed by atoms with E-state index in [0.717, 1.165) is 7.11 Å². The van der Waals surface area contributed by atoms with Crippen LogP contribution in [-0.2, 0) is 4.84 Å². The molecule has 0 fully saturated rings. The molecule has 6 heteroatoms. The molecule has 6 nitrogen and oxygen atoms in total. The number of hydrazine groups is 1. The van der Waals surface area contributed by atoms with Crippen LogP contribution in [0.4, 0.5) is 0 Å². The van der Waals surface area contributed by atoms with Crippen molar-refractivity contribution in [2.24, 2.45) is 5.10 Å². The predicted molar refractivity (Wildman–Crippen MR) is 27.9 cm³/mol. The van der Waals surface area contributed by atoms with Crippen LogP contribution >= 0.6 is 0 Å². The molecule has 0 saturated carbocycles. The van der Waals surface area contributed by atoms with Crippen LogP contribution in [0, 0.1) is 5.21 Å². The van der Waals surface area contributed by atoms with Crippen molar-refractivity contribution in [1.29, 1.82) is 0 Å². The molecule has 0 radical (unpaired) electrons. The quantitative estimate of drug-likeness (QED) is 0.390. The third-order valence-electron chi connectivity index (χ3n) is 0.445. The van der Waals surface area contributed by atoms with Crippen LogP contribution in [0.25, 0.3) is 5.84 Å². The Labute approximate surface area is 46.6 Å². The lowest BCUT2D eigenvalue weighted by Crippen LogP contribution is -2.26. The smallest absolute Gasteiger partial charge is 0.0584 e. The van der Waals surface area contributed by atoms with Gasteiger partial charge in [-0.25, -0.2) is 0 Å². The number of nitrogens with zero attached hydrogens (tertiary/aromatic N) is 3. The molecule has 0 saturated heterocycles. The van der Waals surface area contributed by atoms with Crippen LogP contribution in [0.5, 0.6) is 0 Å². The highest BCUT2D eigenvalue weighted by Gasteiger charge is 1.80. The summed E-state index contributed by atoms with van der Waals surface area (Å²) < 4.78 is 0. The number of hydrazone groups is 1. The second kappa shape index (κ2) is 3.33. The van der Waals surface area contributed by atoms with E-state index in [1.54, 1.807) is 0 Å². The summed E-state index contributed by atoms with van der Waals surface area (Å²) in [5, 5.41) is 13.0. The summed E-state index contributed by atoms with van der Waals surface area (Å²) in [7, 11) is 1.12. The van der Waals surface area contributed by atoms with Gasteiger partial charge in [-0.3, -0.25) is 4.84 Å². The fraction of sp³-hybridized carbons (Fsp3) is 0.500. The molecule has 0 aromatic rings. The first-order chi connectivity index (χ1) is 3.72. The monoisotopic (exact) mass is 118 g/mol. The van der Waals surface area contributed by atoms with E-state index in [1.165, 1.54) is 0 Å². The summed E-state index contributed by atoms with van der Waals surface area (Å²) in [5.74, 6) is 6.52. The Morgan fingerprint density at radius 3 is 2.50 bits per heavy atom. The maximum Gasteiger partial charge on any atom is 0.0584 e. The highest BCUT2D eigenvalue weighted by atomic mass is 16.9. The van der Waals surface area contributed by atoms with Crippen molar-refractivity contribution < 1.29 is 4.84 Å². The minimum absolute atomic E-state index is 0.132. The van der Waals surface area contributed by atoms with Gasteiger partial charge in [-0.1, -0.05) is 0 Å². The Balaban J connectivity index is 3.44. The summed E-state index contributed by atoms with van der Waals surface area (Å²) in [6.45, 7) is 2.90. The molecule has 8 heavy (non-hydrogen) atoms. The Kier molecular flexibility index (Phi) is 3.04. The summed E-state index contributed by atoms with van der Waals surface area (Å²) in [6, 6.07) is 0. The van der Waals surface area contributed by atoms with Crippen LogP contribution in [0.2, 0.25) is 0 Å². The van der Waals surface area contributed by atoms with Gasteiger partial charge in [-0.15, -0.1) is 0 Å². The van der Waals surface area contributed by atoms with E-state index in [9.17, 15) is 5.21 Å². The summed E-state index contributed by atoms with van der Waals surface area (Å²) in [5.41, 5.74) is 0. The highest BCUT2D eigenvalue weighted by molar-refractivity contribution is 5.22. The van der Waals surface area contributed by atoms with Crippen LogP contribution in [-0.4, -0.2) is 24.4 Å². The average Bonchev–Trinajstić information content (AvgIpc) is 1.84. The number of nitrogens with one attached hydrogen (secondary N) is 1.